The Hall–Kier alpha value is -2.98. The molecule has 142 valence electrons. The summed E-state index contributed by atoms with van der Waals surface area (Å²) in [5.41, 5.74) is 1.08. The Kier molecular flexibility index (Phi) is 4.28. The zero-order valence-corrected chi connectivity index (χ0v) is 14.1. The molecule has 1 saturated heterocycles. The first kappa shape index (κ1) is 17.4. The van der Waals surface area contributed by atoms with Crippen molar-refractivity contribution >= 4 is 33.8 Å². The second kappa shape index (κ2) is 6.63. The number of aromatic amines is 1. The number of fused-ring (bicyclic) bond motifs is 3. The Morgan fingerprint density at radius 3 is 3.00 bits per heavy atom. The van der Waals surface area contributed by atoms with Gasteiger partial charge in [-0.05, 0) is 12.5 Å². The summed E-state index contributed by atoms with van der Waals surface area (Å²) in [5.74, 6) is 0.0807. The molecule has 0 radical (unpaired) electrons. The van der Waals surface area contributed by atoms with Gasteiger partial charge in [-0.2, -0.15) is 13.2 Å². The predicted molar refractivity (Wildman–Crippen MR) is 91.0 cm³/mol. The molecule has 1 amide bonds. The number of rotatable bonds is 4. The molecule has 2 N–H and O–H groups in total. The number of nitrogens with one attached hydrogen (secondary N) is 2. The highest BCUT2D eigenvalue weighted by Gasteiger charge is 2.30. The van der Waals surface area contributed by atoms with Crippen LogP contribution in [0.15, 0.2) is 18.6 Å². The van der Waals surface area contributed by atoms with Crippen LogP contribution in [-0.4, -0.2) is 56.4 Å². The number of aromatic nitrogens is 5. The molecule has 3 aromatic heterocycles. The number of carbonyl (C=O) groups is 1. The summed E-state index contributed by atoms with van der Waals surface area (Å²) in [6.07, 6.45) is -2.23. The minimum absolute atomic E-state index is 0.229. The number of nitrogens with zero attached hydrogens (tertiary/aromatic N) is 5. The van der Waals surface area contributed by atoms with E-state index in [2.05, 4.69) is 30.5 Å². The highest BCUT2D eigenvalue weighted by molar-refractivity contribution is 6.07. The Morgan fingerprint density at radius 2 is 2.19 bits per heavy atom. The van der Waals surface area contributed by atoms with Crippen LogP contribution in [0.4, 0.5) is 19.0 Å². The van der Waals surface area contributed by atoms with Crippen molar-refractivity contribution in [3.63, 3.8) is 0 Å². The first-order valence-corrected chi connectivity index (χ1v) is 8.46. The van der Waals surface area contributed by atoms with Crippen molar-refractivity contribution in [3.8, 4) is 0 Å². The van der Waals surface area contributed by atoms with Crippen molar-refractivity contribution in [2.75, 3.05) is 18.0 Å². The van der Waals surface area contributed by atoms with Crippen LogP contribution in [0.1, 0.15) is 19.3 Å². The number of alkyl halides is 3. The number of carbonyl (C=O) groups excluding carboxylic acids is 1. The van der Waals surface area contributed by atoms with Crippen LogP contribution < -0.4 is 10.2 Å². The van der Waals surface area contributed by atoms with Gasteiger partial charge in [0.2, 0.25) is 5.91 Å². The second-order valence-corrected chi connectivity index (χ2v) is 6.45. The standard InChI is InChI=1S/C16H16F3N7O/c17-16(18,19)4-1-11(27)23-9-3-6-26(7-9)15-12-10-2-5-20-13(10)24-25-14(12)21-8-22-15/h2,5,8-9H,1,3-4,6-7H2,(H,20,24)(H,23,27). The van der Waals surface area contributed by atoms with Crippen LogP contribution in [-0.2, 0) is 4.79 Å². The molecule has 3 aromatic rings. The molecule has 1 unspecified atom stereocenters. The van der Waals surface area contributed by atoms with Crippen molar-refractivity contribution in [2.24, 2.45) is 0 Å². The molecule has 0 aliphatic carbocycles. The predicted octanol–water partition coefficient (Wildman–Crippen LogP) is 1.94. The molecule has 4 rings (SSSR count). The normalized spacial score (nSPS) is 17.7. The number of H-pyrrole nitrogens is 1. The fourth-order valence-electron chi connectivity index (χ4n) is 3.29. The molecule has 8 nitrogen and oxygen atoms in total. The van der Waals surface area contributed by atoms with Crippen LogP contribution in [0.5, 0.6) is 0 Å². The van der Waals surface area contributed by atoms with Gasteiger partial charge in [0, 0.05) is 37.1 Å². The van der Waals surface area contributed by atoms with E-state index in [4.69, 9.17) is 0 Å². The van der Waals surface area contributed by atoms with Crippen LogP contribution in [0, 0.1) is 0 Å². The topological polar surface area (TPSA) is 99.7 Å². The Bertz CT molecular complexity index is 987. The lowest BCUT2D eigenvalue weighted by Crippen LogP contribution is -2.37. The highest BCUT2D eigenvalue weighted by Crippen LogP contribution is 2.30. The van der Waals surface area contributed by atoms with Crippen molar-refractivity contribution in [1.82, 2.24) is 30.5 Å². The molecule has 0 saturated carbocycles. The van der Waals surface area contributed by atoms with Crippen LogP contribution >= 0.6 is 0 Å². The maximum absolute atomic E-state index is 12.2. The zero-order valence-electron chi connectivity index (χ0n) is 14.1. The van der Waals surface area contributed by atoms with Gasteiger partial charge in [0.1, 0.15) is 12.1 Å². The summed E-state index contributed by atoms with van der Waals surface area (Å²) in [7, 11) is 0. The molecule has 4 heterocycles. The minimum Gasteiger partial charge on any atom is -0.354 e. The molecule has 0 aromatic carbocycles. The van der Waals surface area contributed by atoms with E-state index < -0.39 is 24.9 Å². The fourth-order valence-corrected chi connectivity index (χ4v) is 3.29. The van der Waals surface area contributed by atoms with Gasteiger partial charge in [0.15, 0.2) is 11.3 Å². The van der Waals surface area contributed by atoms with E-state index in [1.54, 1.807) is 6.20 Å². The third kappa shape index (κ3) is 3.62. The van der Waals surface area contributed by atoms with E-state index in [1.165, 1.54) is 6.33 Å². The first-order valence-electron chi connectivity index (χ1n) is 8.46. The van der Waals surface area contributed by atoms with Gasteiger partial charge in [-0.25, -0.2) is 9.97 Å². The van der Waals surface area contributed by atoms with Crippen molar-refractivity contribution in [2.45, 2.75) is 31.5 Å². The summed E-state index contributed by atoms with van der Waals surface area (Å²) < 4.78 is 36.7. The van der Waals surface area contributed by atoms with Gasteiger partial charge in [0.05, 0.1) is 11.8 Å². The van der Waals surface area contributed by atoms with Gasteiger partial charge in [-0.1, -0.05) is 0 Å². The quantitative estimate of drug-likeness (QED) is 0.719. The molecule has 1 aliphatic rings. The summed E-state index contributed by atoms with van der Waals surface area (Å²) in [6, 6.07) is 1.64. The van der Waals surface area contributed by atoms with E-state index in [0.717, 1.165) is 10.8 Å². The average molecular weight is 379 g/mol. The van der Waals surface area contributed by atoms with Crippen molar-refractivity contribution in [3.05, 3.63) is 18.6 Å². The maximum Gasteiger partial charge on any atom is 0.389 e. The molecule has 1 atom stereocenters. The Labute approximate surface area is 151 Å². The fraction of sp³-hybridized carbons (Fsp3) is 0.438. The largest absolute Gasteiger partial charge is 0.389 e. The first-order chi connectivity index (χ1) is 12.9. The molecular weight excluding hydrogens is 363 g/mol. The van der Waals surface area contributed by atoms with Gasteiger partial charge in [0.25, 0.3) is 0 Å². The van der Waals surface area contributed by atoms with Gasteiger partial charge >= 0.3 is 6.18 Å². The number of hydrogen-bond acceptors (Lipinski definition) is 6. The summed E-state index contributed by atoms with van der Waals surface area (Å²) in [4.78, 5) is 25.3. The highest BCUT2D eigenvalue weighted by atomic mass is 19.4. The number of hydrogen-bond donors (Lipinski definition) is 2. The van der Waals surface area contributed by atoms with E-state index in [1.807, 2.05) is 11.0 Å². The lowest BCUT2D eigenvalue weighted by Gasteiger charge is -2.19. The Balaban J connectivity index is 1.51. The van der Waals surface area contributed by atoms with E-state index in [0.29, 0.717) is 36.6 Å². The summed E-state index contributed by atoms with van der Waals surface area (Å²) >= 11 is 0. The SMILES string of the molecule is O=C(CCC(F)(F)F)NC1CCN(c2ncnc3nnc4[nH]ccc4c23)C1. The van der Waals surface area contributed by atoms with Crippen LogP contribution in [0.2, 0.25) is 0 Å². The molecule has 0 spiro atoms. The lowest BCUT2D eigenvalue weighted by molar-refractivity contribution is -0.144. The third-order valence-electron chi connectivity index (χ3n) is 4.53. The van der Waals surface area contributed by atoms with E-state index in [-0.39, 0.29) is 6.04 Å². The van der Waals surface area contributed by atoms with Crippen molar-refractivity contribution in [1.29, 1.82) is 0 Å². The minimum atomic E-state index is -4.33. The van der Waals surface area contributed by atoms with E-state index in [9.17, 15) is 18.0 Å². The molecule has 27 heavy (non-hydrogen) atoms. The van der Waals surface area contributed by atoms with Gasteiger partial charge in [-0.3, -0.25) is 4.79 Å². The molecule has 1 fully saturated rings. The number of anilines is 1. The second-order valence-electron chi connectivity index (χ2n) is 6.45. The monoisotopic (exact) mass is 379 g/mol. The molecular formula is C16H16F3N7O. The van der Waals surface area contributed by atoms with Crippen LogP contribution in [0.25, 0.3) is 22.1 Å². The maximum atomic E-state index is 12.2. The van der Waals surface area contributed by atoms with E-state index >= 15 is 0 Å². The summed E-state index contributed by atoms with van der Waals surface area (Å²) in [5, 5.41) is 12.4. The average Bonchev–Trinajstić information content (AvgIpc) is 3.28. The molecule has 0 bridgehead atoms. The summed E-state index contributed by atoms with van der Waals surface area (Å²) in [6.45, 7) is 1.07. The number of halogens is 3. The van der Waals surface area contributed by atoms with Gasteiger partial charge < -0.3 is 15.2 Å². The van der Waals surface area contributed by atoms with Gasteiger partial charge in [-0.15, -0.1) is 10.2 Å². The zero-order chi connectivity index (χ0) is 19.0. The van der Waals surface area contributed by atoms with Crippen molar-refractivity contribution < 1.29 is 18.0 Å². The third-order valence-corrected chi connectivity index (χ3v) is 4.53. The smallest absolute Gasteiger partial charge is 0.354 e. The lowest BCUT2D eigenvalue weighted by atomic mass is 10.2. The van der Waals surface area contributed by atoms with Crippen LogP contribution in [0.3, 0.4) is 0 Å². The molecule has 11 heteroatoms. The number of amides is 1. The Morgan fingerprint density at radius 1 is 1.33 bits per heavy atom. The molecule has 1 aliphatic heterocycles.